The van der Waals surface area contributed by atoms with Crippen LogP contribution in [0.3, 0.4) is 0 Å². The molecule has 5 aliphatic carbocycles. The van der Waals surface area contributed by atoms with E-state index in [0.717, 1.165) is 62.4 Å². The Morgan fingerprint density at radius 2 is 1.16 bits per heavy atom. The minimum Gasteiger partial charge on any atom is -0.458 e. The number of carbonyl (C=O) groups excluding carboxylic acids is 2. The molecule has 18 atom stereocenters. The highest BCUT2D eigenvalue weighted by Crippen LogP contribution is 2.62. The molecule has 0 spiro atoms. The van der Waals surface area contributed by atoms with Gasteiger partial charge in [0.25, 0.3) is 0 Å². The third kappa shape index (κ3) is 23.0. The molecule has 17 heteroatoms. The third-order valence-electron chi connectivity index (χ3n) is 26.1. The minimum atomic E-state index is -2.10. The van der Waals surface area contributed by atoms with Crippen LogP contribution < -0.4 is 0 Å². The fraction of sp³-hybridized carbons (Fsp3) is 0.786. The number of hydrogen-bond donors (Lipinski definition) is 3. The van der Waals surface area contributed by atoms with Crippen LogP contribution in [0.1, 0.15) is 233 Å². The molecule has 0 amide bonds. The van der Waals surface area contributed by atoms with E-state index in [-0.39, 0.29) is 86.1 Å². The van der Waals surface area contributed by atoms with E-state index in [0.29, 0.717) is 84.9 Å². The normalized spacial score (nSPS) is 31.4. The molecule has 7 aliphatic rings. The number of esters is 2. The van der Waals surface area contributed by atoms with Crippen LogP contribution in [0.25, 0.3) is 0 Å². The van der Waals surface area contributed by atoms with Crippen molar-refractivity contribution in [2.24, 2.45) is 58.2 Å². The highest BCUT2D eigenvalue weighted by Gasteiger charge is 2.54. The molecule has 2 saturated heterocycles. The summed E-state index contributed by atoms with van der Waals surface area (Å²) in [6.07, 6.45) is 26.9. The van der Waals surface area contributed by atoms with Gasteiger partial charge in [-0.1, -0.05) is 183 Å². The molecule has 7 rings (SSSR count). The summed E-state index contributed by atoms with van der Waals surface area (Å²) in [5.74, 6) is 6.44. The predicted molar refractivity (Wildman–Crippen MR) is 429 cm³/mol. The van der Waals surface area contributed by atoms with E-state index in [1.807, 2.05) is 19.9 Å². The molecule has 0 unspecified atom stereocenters. The van der Waals surface area contributed by atoms with Gasteiger partial charge in [-0.2, -0.15) is 0 Å². The van der Waals surface area contributed by atoms with Crippen molar-refractivity contribution >= 4 is 52.8 Å². The number of halogens is 2. The van der Waals surface area contributed by atoms with Gasteiger partial charge >= 0.3 is 11.9 Å². The topological polar surface area (TPSA) is 159 Å². The first-order valence-electron chi connectivity index (χ1n) is 38.9. The molecule has 0 radical (unpaired) electrons. The Morgan fingerprint density at radius 1 is 0.693 bits per heavy atom. The molecular formula is C84H146BrFO12Si3. The lowest BCUT2D eigenvalue weighted by atomic mass is 9.60. The maximum Gasteiger partial charge on any atom is 0.334 e. The van der Waals surface area contributed by atoms with E-state index in [1.165, 1.54) is 56.9 Å². The Hall–Kier alpha value is -2.58. The number of aliphatic hydroxyl groups is 3. The predicted octanol–water partition coefficient (Wildman–Crippen LogP) is 21.0. The fourth-order valence-corrected chi connectivity index (χ4v) is 21.3. The number of cyclic esters (lactones) is 2. The Labute approximate surface area is 627 Å². The summed E-state index contributed by atoms with van der Waals surface area (Å²) in [5, 5.41) is 30.7. The van der Waals surface area contributed by atoms with Crippen LogP contribution in [-0.4, -0.2) is 127 Å². The first-order chi connectivity index (χ1) is 46.5. The average Bonchev–Trinajstić information content (AvgIpc) is 1.62. The van der Waals surface area contributed by atoms with Crippen molar-refractivity contribution in [3.8, 4) is 12.3 Å². The molecule has 5 saturated carbocycles. The second kappa shape index (κ2) is 39.5. The summed E-state index contributed by atoms with van der Waals surface area (Å²) in [7, 11) is -5.97. The van der Waals surface area contributed by atoms with E-state index < -0.39 is 43.3 Å². The Bertz CT molecular complexity index is 2840. The first-order valence-corrected chi connectivity index (χ1v) is 48.5. The summed E-state index contributed by atoms with van der Waals surface area (Å²) in [4.78, 5) is 26.2. The minimum absolute atomic E-state index is 0. The highest BCUT2D eigenvalue weighted by atomic mass is 79.9. The summed E-state index contributed by atoms with van der Waals surface area (Å²) < 4.78 is 43.7. The van der Waals surface area contributed by atoms with Crippen LogP contribution in [0.2, 0.25) is 54.4 Å². The zero-order valence-corrected chi connectivity index (χ0v) is 72.4. The molecular weight excluding hydrogens is 1380 g/mol. The number of carbonyl (C=O) groups is 2. The van der Waals surface area contributed by atoms with Crippen molar-refractivity contribution in [2.45, 2.75) is 337 Å². The first kappa shape index (κ1) is 92.6. The van der Waals surface area contributed by atoms with Gasteiger partial charge in [0.15, 0.2) is 25.0 Å². The van der Waals surface area contributed by atoms with Crippen LogP contribution in [0.15, 0.2) is 83.0 Å². The monoisotopic (exact) mass is 1530 g/mol. The van der Waals surface area contributed by atoms with Gasteiger partial charge in [0.05, 0.1) is 18.3 Å². The quantitative estimate of drug-likeness (QED) is 0.0179. The molecule has 2 heterocycles. The number of ether oxygens (including phenoxy) is 4. The standard InChI is InChI=1S/C32H48O6.C29H60O4Si3.C21H31BrO2.C2H6.FH/c1-6-24-21(4)31(36)38-28(24)17-19(2)25-12-13-26-22(9-7-14-32(25,26)5)10-11-23-18-27(34)30(29(35)20(23)3)37-16-8-15-33;1-18-21-25(33-36(16,17)29(9,10)11)26(24(19-2)32-35(14,15)28(6,7)8)30-22-20-23-31-34(12,13)27(3,4)5;1-5-16-14(3)20(23)24-19(16)11-13(2)17-8-9-18-15(12-22)7-6-10-21(17,18)4;1-2;/h10-11,19,24-30,33-35H,3-4,6-9,12-18H2,1-2,5H3;1,19,24-26H,2,20-23H2,3-17H3;12-13,16-19H,3,5-11H2,1-2,4H3;1-2H3;1H/b22-10+,23-11-;;15-12+;;/t19-,24-,25-,26+,27-,28+,29-,30+,32-;24-,25-,26-;13-,16-,17-,18+,19+,21-;;/m111../s1. The summed E-state index contributed by atoms with van der Waals surface area (Å²) in [6, 6.07) is 0. The maximum absolute atomic E-state index is 12.1. The van der Waals surface area contributed by atoms with E-state index in [9.17, 15) is 19.8 Å². The number of fused-ring (bicyclic) bond motifs is 2. The van der Waals surface area contributed by atoms with E-state index in [1.54, 1.807) is 5.57 Å². The lowest BCUT2D eigenvalue weighted by Gasteiger charge is -2.45. The molecule has 12 nitrogen and oxygen atoms in total. The van der Waals surface area contributed by atoms with E-state index >= 15 is 0 Å². The van der Waals surface area contributed by atoms with Crippen molar-refractivity contribution in [1.82, 2.24) is 0 Å². The fourth-order valence-electron chi connectivity index (χ4n) is 17.0. The number of rotatable bonds is 27. The lowest BCUT2D eigenvalue weighted by Crippen LogP contribution is -2.53. The van der Waals surface area contributed by atoms with Crippen molar-refractivity contribution in [2.75, 3.05) is 26.4 Å². The average molecular weight is 1530 g/mol. The molecule has 3 N–H and O–H groups in total. The van der Waals surface area contributed by atoms with Crippen LogP contribution in [0.4, 0.5) is 4.70 Å². The third-order valence-corrected chi connectivity index (χ3v) is 40.2. The van der Waals surface area contributed by atoms with Gasteiger partial charge in [-0.05, 0) is 220 Å². The molecule has 0 aromatic heterocycles. The van der Waals surface area contributed by atoms with Gasteiger partial charge in [-0.15, -0.1) is 18.9 Å². The largest absolute Gasteiger partial charge is 0.458 e. The van der Waals surface area contributed by atoms with Gasteiger partial charge in [0.1, 0.15) is 30.5 Å². The van der Waals surface area contributed by atoms with E-state index in [2.05, 4.69) is 208 Å². The van der Waals surface area contributed by atoms with Crippen LogP contribution in [0.5, 0.6) is 0 Å². The summed E-state index contributed by atoms with van der Waals surface area (Å²) >= 11 is 3.60. The Balaban J connectivity index is 0.000000396. The molecule has 0 aromatic rings. The van der Waals surface area contributed by atoms with Gasteiger partial charge in [-0.3, -0.25) is 4.70 Å². The number of terminal acetylenes is 1. The van der Waals surface area contributed by atoms with Crippen LogP contribution in [0, 0.1) is 70.5 Å². The van der Waals surface area contributed by atoms with Crippen LogP contribution >= 0.6 is 15.9 Å². The summed E-state index contributed by atoms with van der Waals surface area (Å²) in [6.45, 7) is 69.6. The van der Waals surface area contributed by atoms with Gasteiger partial charge in [0.2, 0.25) is 0 Å². The lowest BCUT2D eigenvalue weighted by molar-refractivity contribution is -0.141. The van der Waals surface area contributed by atoms with Gasteiger partial charge in [-0.25, -0.2) is 9.59 Å². The smallest absolute Gasteiger partial charge is 0.334 e. The molecule has 0 bridgehead atoms. The van der Waals surface area contributed by atoms with Crippen molar-refractivity contribution < 1.29 is 61.8 Å². The van der Waals surface area contributed by atoms with Gasteiger partial charge in [0, 0.05) is 62.3 Å². The maximum atomic E-state index is 12.1. The zero-order chi connectivity index (χ0) is 75.9. The van der Waals surface area contributed by atoms with Crippen LogP contribution in [-0.2, 0) is 41.8 Å². The molecule has 580 valence electrons. The number of hydrogen-bond acceptors (Lipinski definition) is 12. The SMILES string of the molecule is C#CC[C@@H](O[Si](C)(C)C(C)(C)C)[C@H](OCCCO[Si](C)(C)C(C)(C)C)[C@@H](C=C)O[Si](C)(C)C(C)(C)C.C=C1/C(=C\C=C2/CCC[C@]3(C)[C@@H]([C@H](C)C[C@@H]4OC(=O)C(=C)[C@H]4CC)CC[C@@H]23)C[C@@H](O)[C@H](OCCCO)[C@@H]1O.C=C1C(=O)O[C@@H](C[C@@H](C)[C@H]2CC[C@H]3/C(=C/Br)CCC[C@]23C)[C@@H]1CC.CC.F. The number of allylic oxidation sites excluding steroid dienone is 4. The highest BCUT2D eigenvalue weighted by molar-refractivity contribution is 9.11. The van der Waals surface area contributed by atoms with Gasteiger partial charge < -0.3 is 47.5 Å². The van der Waals surface area contributed by atoms with E-state index in [4.69, 9.17) is 43.8 Å². The molecule has 7 fully saturated rings. The Kier molecular flexibility index (Phi) is 36.2. The van der Waals surface area contributed by atoms with Crippen molar-refractivity contribution in [1.29, 1.82) is 0 Å². The second-order valence-electron chi connectivity index (χ2n) is 35.6. The van der Waals surface area contributed by atoms with Crippen molar-refractivity contribution in [3.05, 3.63) is 83.0 Å². The molecule has 0 aromatic carbocycles. The summed E-state index contributed by atoms with van der Waals surface area (Å²) in [5.41, 5.74) is 6.53. The number of aliphatic hydroxyl groups excluding tert-OH is 3. The van der Waals surface area contributed by atoms with Crippen molar-refractivity contribution in [3.63, 3.8) is 0 Å². The molecule has 2 aliphatic heterocycles. The molecule has 101 heavy (non-hydrogen) atoms. The second-order valence-corrected chi connectivity index (χ2v) is 50.3. The Morgan fingerprint density at radius 3 is 1.59 bits per heavy atom. The zero-order valence-electron chi connectivity index (χ0n) is 67.8.